The third kappa shape index (κ3) is 2.93. The zero-order valence-corrected chi connectivity index (χ0v) is 10.4. The zero-order valence-electron chi connectivity index (χ0n) is 8.72. The Bertz CT molecular complexity index is 340. The zero-order chi connectivity index (χ0) is 10.7. The molecule has 4 heteroatoms. The lowest BCUT2D eigenvalue weighted by molar-refractivity contribution is 0.226. The average molecular weight is 238 g/mol. The highest BCUT2D eigenvalue weighted by Gasteiger charge is 2.18. The van der Waals surface area contributed by atoms with Crippen LogP contribution in [0.15, 0.2) is 30.3 Å². The first-order chi connectivity index (χ1) is 7.25. The minimum Gasteiger partial charge on any atom is -0.348 e. The van der Waals surface area contributed by atoms with Crippen LogP contribution in [0.1, 0.15) is 5.56 Å². The fourth-order valence-electron chi connectivity index (χ4n) is 1.59. The standard InChI is InChI=1S/C11H14N2S2/c1-12-8-13(9-15-11(12)14)7-10-5-3-2-4-6-10/h2-6H,7-9H2,1H3. The highest BCUT2D eigenvalue weighted by Crippen LogP contribution is 2.18. The topological polar surface area (TPSA) is 6.48 Å². The summed E-state index contributed by atoms with van der Waals surface area (Å²) in [6.45, 7) is 1.93. The molecule has 0 aromatic heterocycles. The second kappa shape index (κ2) is 4.96. The van der Waals surface area contributed by atoms with Gasteiger partial charge in [0.2, 0.25) is 0 Å². The molecule has 0 amide bonds. The van der Waals surface area contributed by atoms with Gasteiger partial charge in [0.1, 0.15) is 4.32 Å². The van der Waals surface area contributed by atoms with E-state index >= 15 is 0 Å². The van der Waals surface area contributed by atoms with Crippen LogP contribution in [0.25, 0.3) is 0 Å². The van der Waals surface area contributed by atoms with Gasteiger partial charge >= 0.3 is 0 Å². The molecule has 1 heterocycles. The fourth-order valence-corrected chi connectivity index (χ4v) is 2.55. The van der Waals surface area contributed by atoms with Crippen LogP contribution in [0.2, 0.25) is 0 Å². The normalized spacial score (nSPS) is 18.2. The van der Waals surface area contributed by atoms with Gasteiger partial charge in [-0.25, -0.2) is 0 Å². The smallest absolute Gasteiger partial charge is 0.138 e. The number of hydrogen-bond donors (Lipinski definition) is 0. The van der Waals surface area contributed by atoms with Crippen molar-refractivity contribution in [3.63, 3.8) is 0 Å². The van der Waals surface area contributed by atoms with Crippen LogP contribution in [0.4, 0.5) is 0 Å². The molecule has 0 unspecified atom stereocenters. The predicted octanol–water partition coefficient (Wildman–Crippen LogP) is 2.37. The van der Waals surface area contributed by atoms with Crippen molar-refractivity contribution in [2.24, 2.45) is 0 Å². The van der Waals surface area contributed by atoms with Gasteiger partial charge in [-0.2, -0.15) is 0 Å². The van der Waals surface area contributed by atoms with Gasteiger partial charge in [-0.05, 0) is 5.56 Å². The van der Waals surface area contributed by atoms with Crippen LogP contribution in [-0.2, 0) is 6.54 Å². The Balaban J connectivity index is 1.94. The molecule has 0 aliphatic carbocycles. The van der Waals surface area contributed by atoms with Crippen molar-refractivity contribution in [3.8, 4) is 0 Å². The summed E-state index contributed by atoms with van der Waals surface area (Å²) in [6, 6.07) is 10.5. The molecule has 1 fully saturated rings. The summed E-state index contributed by atoms with van der Waals surface area (Å²) in [4.78, 5) is 4.50. The minimum absolute atomic E-state index is 0.931. The largest absolute Gasteiger partial charge is 0.348 e. The van der Waals surface area contributed by atoms with Crippen molar-refractivity contribution in [3.05, 3.63) is 35.9 Å². The molecule has 15 heavy (non-hydrogen) atoms. The minimum atomic E-state index is 0.931. The molecule has 1 saturated heterocycles. The van der Waals surface area contributed by atoms with Gasteiger partial charge in [0.25, 0.3) is 0 Å². The van der Waals surface area contributed by atoms with Gasteiger partial charge < -0.3 is 4.90 Å². The van der Waals surface area contributed by atoms with Crippen molar-refractivity contribution < 1.29 is 0 Å². The summed E-state index contributed by atoms with van der Waals surface area (Å²) >= 11 is 6.94. The summed E-state index contributed by atoms with van der Waals surface area (Å²) in [6.07, 6.45) is 0. The van der Waals surface area contributed by atoms with Crippen LogP contribution < -0.4 is 0 Å². The Kier molecular flexibility index (Phi) is 3.61. The molecule has 0 saturated carbocycles. The molecule has 2 nitrogen and oxygen atoms in total. The number of thiocarbonyl (C=S) groups is 1. The molecule has 2 rings (SSSR count). The van der Waals surface area contributed by atoms with E-state index in [2.05, 4.69) is 40.1 Å². The summed E-state index contributed by atoms with van der Waals surface area (Å²) < 4.78 is 0.999. The highest BCUT2D eigenvalue weighted by atomic mass is 32.2. The molecule has 1 aromatic rings. The lowest BCUT2D eigenvalue weighted by Gasteiger charge is -2.34. The van der Waals surface area contributed by atoms with Gasteiger partial charge in [-0.1, -0.05) is 54.3 Å². The Hall–Kier alpha value is -0.580. The van der Waals surface area contributed by atoms with Crippen molar-refractivity contribution in [2.45, 2.75) is 6.54 Å². The second-order valence-corrected chi connectivity index (χ2v) is 5.27. The molecule has 0 radical (unpaired) electrons. The van der Waals surface area contributed by atoms with Crippen LogP contribution >= 0.6 is 24.0 Å². The molecular weight excluding hydrogens is 224 g/mol. The van der Waals surface area contributed by atoms with Crippen LogP contribution in [0.3, 0.4) is 0 Å². The van der Waals surface area contributed by atoms with E-state index in [1.165, 1.54) is 5.56 Å². The third-order valence-electron chi connectivity index (χ3n) is 2.34. The lowest BCUT2D eigenvalue weighted by Crippen LogP contribution is -2.41. The maximum atomic E-state index is 5.21. The van der Waals surface area contributed by atoms with E-state index in [4.69, 9.17) is 12.2 Å². The first kappa shape index (κ1) is 10.9. The van der Waals surface area contributed by atoms with E-state index in [1.54, 1.807) is 11.8 Å². The summed E-state index contributed by atoms with van der Waals surface area (Å²) in [5.74, 6) is 0.998. The molecule has 0 atom stereocenters. The number of thioether (sulfide) groups is 1. The highest BCUT2D eigenvalue weighted by molar-refractivity contribution is 8.22. The predicted molar refractivity (Wildman–Crippen MR) is 69.7 cm³/mol. The summed E-state index contributed by atoms with van der Waals surface area (Å²) in [7, 11) is 2.05. The van der Waals surface area contributed by atoms with E-state index in [9.17, 15) is 0 Å². The molecule has 80 valence electrons. The fraction of sp³-hybridized carbons (Fsp3) is 0.364. The van der Waals surface area contributed by atoms with E-state index in [0.29, 0.717) is 0 Å². The summed E-state index contributed by atoms with van der Waals surface area (Å²) in [5, 5.41) is 0. The molecular formula is C11H14N2S2. The van der Waals surface area contributed by atoms with E-state index in [1.807, 2.05) is 7.05 Å². The van der Waals surface area contributed by atoms with Gasteiger partial charge in [-0.15, -0.1) is 0 Å². The maximum absolute atomic E-state index is 5.21. The Morgan fingerprint density at radius 3 is 2.73 bits per heavy atom. The van der Waals surface area contributed by atoms with Crippen LogP contribution in [-0.4, -0.2) is 33.7 Å². The van der Waals surface area contributed by atoms with Gasteiger partial charge in [-0.3, -0.25) is 4.90 Å². The average Bonchev–Trinajstić information content (AvgIpc) is 2.25. The van der Waals surface area contributed by atoms with Gasteiger partial charge in [0, 0.05) is 13.6 Å². The van der Waals surface area contributed by atoms with Crippen molar-refractivity contribution in [1.29, 1.82) is 0 Å². The van der Waals surface area contributed by atoms with Gasteiger partial charge in [0.15, 0.2) is 0 Å². The molecule has 0 bridgehead atoms. The van der Waals surface area contributed by atoms with Gasteiger partial charge in [0.05, 0.1) is 12.5 Å². The maximum Gasteiger partial charge on any atom is 0.138 e. The monoisotopic (exact) mass is 238 g/mol. The molecule has 1 aromatic carbocycles. The van der Waals surface area contributed by atoms with Crippen molar-refractivity contribution >= 4 is 28.3 Å². The Morgan fingerprint density at radius 2 is 2.07 bits per heavy atom. The molecule has 1 aliphatic rings. The molecule has 1 aliphatic heterocycles. The van der Waals surface area contributed by atoms with E-state index in [-0.39, 0.29) is 0 Å². The SMILES string of the molecule is CN1CN(Cc2ccccc2)CSC1=S. The van der Waals surface area contributed by atoms with Crippen molar-refractivity contribution in [2.75, 3.05) is 19.6 Å². The first-order valence-electron chi connectivity index (χ1n) is 4.90. The molecule has 0 spiro atoms. The Labute approximate surface area is 100 Å². The summed E-state index contributed by atoms with van der Waals surface area (Å²) in [5.41, 5.74) is 1.36. The quantitative estimate of drug-likeness (QED) is 0.729. The Morgan fingerprint density at radius 1 is 1.33 bits per heavy atom. The second-order valence-electron chi connectivity index (χ2n) is 3.69. The number of hydrogen-bond acceptors (Lipinski definition) is 3. The van der Waals surface area contributed by atoms with Crippen LogP contribution in [0.5, 0.6) is 0 Å². The number of benzene rings is 1. The van der Waals surface area contributed by atoms with Crippen LogP contribution in [0, 0.1) is 0 Å². The number of rotatable bonds is 2. The van der Waals surface area contributed by atoms with E-state index in [0.717, 1.165) is 23.4 Å². The molecule has 0 N–H and O–H groups in total. The number of nitrogens with zero attached hydrogens (tertiary/aromatic N) is 2. The third-order valence-corrected chi connectivity index (χ3v) is 4.06. The first-order valence-corrected chi connectivity index (χ1v) is 6.29. The van der Waals surface area contributed by atoms with E-state index < -0.39 is 0 Å². The lowest BCUT2D eigenvalue weighted by atomic mass is 10.2. The van der Waals surface area contributed by atoms with Crippen molar-refractivity contribution in [1.82, 2.24) is 9.80 Å².